The highest BCUT2D eigenvalue weighted by Crippen LogP contribution is 2.31. The van der Waals surface area contributed by atoms with E-state index in [-0.39, 0.29) is 5.97 Å². The molecule has 1 N–H and O–H groups in total. The Balaban J connectivity index is 1.82. The largest absolute Gasteiger partial charge is 0.481 e. The Morgan fingerprint density at radius 3 is 1.53 bits per heavy atom. The highest BCUT2D eigenvalue weighted by atomic mass is 16.5. The van der Waals surface area contributed by atoms with Crippen LogP contribution in [0, 0.1) is 17.8 Å². The molecule has 4 heteroatoms. The topological polar surface area (TPSA) is 63.6 Å². The van der Waals surface area contributed by atoms with Crippen molar-refractivity contribution in [2.45, 2.75) is 142 Å². The van der Waals surface area contributed by atoms with Crippen LogP contribution in [0.2, 0.25) is 0 Å². The summed E-state index contributed by atoms with van der Waals surface area (Å²) in [5.74, 6) is -1.25. The van der Waals surface area contributed by atoms with E-state index in [1.54, 1.807) is 0 Å². The van der Waals surface area contributed by atoms with Crippen molar-refractivity contribution < 1.29 is 19.4 Å². The summed E-state index contributed by atoms with van der Waals surface area (Å²) in [5.41, 5.74) is 0. The number of carboxylic acid groups (broad SMARTS) is 1. The lowest BCUT2D eigenvalue weighted by Gasteiger charge is -2.26. The summed E-state index contributed by atoms with van der Waals surface area (Å²) in [6.07, 6.45) is 24.3. The Bertz CT molecular complexity index is 474. The molecule has 188 valence electrons. The van der Waals surface area contributed by atoms with Crippen LogP contribution in [0.5, 0.6) is 0 Å². The van der Waals surface area contributed by atoms with E-state index in [0.717, 1.165) is 31.6 Å². The fourth-order valence-corrected chi connectivity index (χ4v) is 4.94. The molecule has 1 aliphatic carbocycles. The van der Waals surface area contributed by atoms with E-state index in [2.05, 4.69) is 13.8 Å². The molecule has 1 rings (SSSR count). The molecule has 0 saturated heterocycles. The highest BCUT2D eigenvalue weighted by molar-refractivity contribution is 5.81. The lowest BCUT2D eigenvalue weighted by molar-refractivity contribution is -0.159. The van der Waals surface area contributed by atoms with Crippen molar-refractivity contribution in [3.05, 3.63) is 0 Å². The van der Waals surface area contributed by atoms with Crippen LogP contribution in [0.15, 0.2) is 0 Å². The number of ether oxygens (including phenoxy) is 1. The van der Waals surface area contributed by atoms with Crippen molar-refractivity contribution in [1.82, 2.24) is 0 Å². The van der Waals surface area contributed by atoms with Gasteiger partial charge in [-0.1, -0.05) is 123 Å². The first kappa shape index (κ1) is 29.0. The van der Waals surface area contributed by atoms with Gasteiger partial charge >= 0.3 is 11.9 Å². The first-order valence-electron chi connectivity index (χ1n) is 13.9. The van der Waals surface area contributed by atoms with Gasteiger partial charge in [-0.25, -0.2) is 0 Å². The van der Waals surface area contributed by atoms with E-state index in [4.69, 9.17) is 4.74 Å². The van der Waals surface area contributed by atoms with Crippen LogP contribution in [0.25, 0.3) is 0 Å². The molecule has 0 aromatic rings. The Kier molecular flexibility index (Phi) is 17.6. The van der Waals surface area contributed by atoms with Crippen LogP contribution in [-0.2, 0) is 14.3 Å². The molecule has 0 aliphatic heterocycles. The predicted octanol–water partition coefficient (Wildman–Crippen LogP) is 8.32. The molecular weight excluding hydrogens is 400 g/mol. The first-order chi connectivity index (χ1) is 15.5. The second kappa shape index (κ2) is 19.4. The van der Waals surface area contributed by atoms with Gasteiger partial charge < -0.3 is 9.84 Å². The minimum absolute atomic E-state index is 0.289. The second-order valence-electron chi connectivity index (χ2n) is 10.5. The predicted molar refractivity (Wildman–Crippen MR) is 133 cm³/mol. The zero-order valence-corrected chi connectivity index (χ0v) is 21.3. The number of carbonyl (C=O) groups is 2. The Morgan fingerprint density at radius 2 is 1.09 bits per heavy atom. The number of unbranched alkanes of at least 4 members (excludes halogenated alkanes) is 14. The molecule has 0 amide bonds. The van der Waals surface area contributed by atoms with E-state index < -0.39 is 17.8 Å². The summed E-state index contributed by atoms with van der Waals surface area (Å²) in [4.78, 5) is 23.5. The third-order valence-corrected chi connectivity index (χ3v) is 7.06. The van der Waals surface area contributed by atoms with Crippen molar-refractivity contribution in [1.29, 1.82) is 0 Å². The molecule has 2 atom stereocenters. The summed E-state index contributed by atoms with van der Waals surface area (Å²) >= 11 is 0. The molecule has 0 aromatic heterocycles. The van der Waals surface area contributed by atoms with Crippen molar-refractivity contribution >= 4 is 11.9 Å². The fourth-order valence-electron chi connectivity index (χ4n) is 4.94. The molecular formula is C28H52O4. The standard InChI is InChI=1S/C28H52O4/c1-24(2)20-16-14-12-10-8-6-4-3-5-7-9-11-13-15-19-23-32-28(31)26-22-18-17-21-25(26)27(29)30/h24-26H,3-23H2,1-2H3,(H,29,30). The summed E-state index contributed by atoms with van der Waals surface area (Å²) in [7, 11) is 0. The monoisotopic (exact) mass is 452 g/mol. The lowest BCUT2D eigenvalue weighted by Crippen LogP contribution is -2.33. The Labute approximate surface area is 198 Å². The van der Waals surface area contributed by atoms with Gasteiger partial charge in [-0.05, 0) is 25.2 Å². The van der Waals surface area contributed by atoms with Crippen LogP contribution >= 0.6 is 0 Å². The van der Waals surface area contributed by atoms with E-state index in [1.807, 2.05) is 0 Å². The maximum absolute atomic E-state index is 12.2. The van der Waals surface area contributed by atoms with Crippen molar-refractivity contribution in [2.24, 2.45) is 17.8 Å². The van der Waals surface area contributed by atoms with Gasteiger partial charge in [0, 0.05) is 0 Å². The molecule has 0 bridgehead atoms. The molecule has 0 heterocycles. The van der Waals surface area contributed by atoms with Crippen LogP contribution in [0.4, 0.5) is 0 Å². The smallest absolute Gasteiger partial charge is 0.309 e. The zero-order valence-electron chi connectivity index (χ0n) is 21.3. The van der Waals surface area contributed by atoms with Crippen molar-refractivity contribution in [3.63, 3.8) is 0 Å². The normalized spacial score (nSPS) is 18.7. The van der Waals surface area contributed by atoms with E-state index in [0.29, 0.717) is 19.4 Å². The van der Waals surface area contributed by atoms with Gasteiger partial charge in [0.05, 0.1) is 18.4 Å². The molecule has 0 aromatic carbocycles. The third-order valence-electron chi connectivity index (χ3n) is 7.06. The minimum Gasteiger partial charge on any atom is -0.481 e. The number of rotatable bonds is 20. The maximum Gasteiger partial charge on any atom is 0.309 e. The first-order valence-corrected chi connectivity index (χ1v) is 13.9. The molecule has 1 aliphatic rings. The Morgan fingerprint density at radius 1 is 0.688 bits per heavy atom. The van der Waals surface area contributed by atoms with Crippen molar-refractivity contribution in [2.75, 3.05) is 6.61 Å². The number of hydrogen-bond donors (Lipinski definition) is 1. The second-order valence-corrected chi connectivity index (χ2v) is 10.5. The summed E-state index contributed by atoms with van der Waals surface area (Å²) in [5, 5.41) is 9.28. The van der Waals surface area contributed by atoms with E-state index in [9.17, 15) is 14.7 Å². The Hall–Kier alpha value is -1.06. The van der Waals surface area contributed by atoms with Gasteiger partial charge in [0.15, 0.2) is 0 Å². The fraction of sp³-hybridized carbons (Fsp3) is 0.929. The van der Waals surface area contributed by atoms with Crippen LogP contribution in [0.3, 0.4) is 0 Å². The molecule has 0 spiro atoms. The van der Waals surface area contributed by atoms with Gasteiger partial charge in [0.1, 0.15) is 0 Å². The zero-order chi connectivity index (χ0) is 23.4. The molecule has 2 unspecified atom stereocenters. The average Bonchev–Trinajstić information content (AvgIpc) is 2.77. The van der Waals surface area contributed by atoms with Crippen LogP contribution in [0.1, 0.15) is 142 Å². The average molecular weight is 453 g/mol. The van der Waals surface area contributed by atoms with Crippen LogP contribution in [-0.4, -0.2) is 23.7 Å². The highest BCUT2D eigenvalue weighted by Gasteiger charge is 2.36. The van der Waals surface area contributed by atoms with Crippen LogP contribution < -0.4 is 0 Å². The van der Waals surface area contributed by atoms with Gasteiger partial charge in [-0.2, -0.15) is 0 Å². The van der Waals surface area contributed by atoms with Crippen molar-refractivity contribution in [3.8, 4) is 0 Å². The number of hydrogen-bond acceptors (Lipinski definition) is 3. The van der Waals surface area contributed by atoms with Gasteiger partial charge in [0.25, 0.3) is 0 Å². The van der Waals surface area contributed by atoms with E-state index in [1.165, 1.54) is 89.9 Å². The molecule has 1 saturated carbocycles. The third kappa shape index (κ3) is 14.9. The summed E-state index contributed by atoms with van der Waals surface area (Å²) in [6, 6.07) is 0. The molecule has 4 nitrogen and oxygen atoms in total. The number of esters is 1. The summed E-state index contributed by atoms with van der Waals surface area (Å²) < 4.78 is 5.39. The molecule has 0 radical (unpaired) electrons. The maximum atomic E-state index is 12.2. The van der Waals surface area contributed by atoms with Gasteiger partial charge in [-0.15, -0.1) is 0 Å². The number of carbonyl (C=O) groups excluding carboxylic acids is 1. The lowest BCUT2D eigenvalue weighted by atomic mass is 9.79. The summed E-state index contributed by atoms with van der Waals surface area (Å²) in [6.45, 7) is 5.08. The molecule has 1 fully saturated rings. The van der Waals surface area contributed by atoms with E-state index >= 15 is 0 Å². The number of aliphatic carboxylic acids is 1. The minimum atomic E-state index is -0.848. The number of carboxylic acids is 1. The van der Waals surface area contributed by atoms with Gasteiger partial charge in [0.2, 0.25) is 0 Å². The van der Waals surface area contributed by atoms with Gasteiger partial charge in [-0.3, -0.25) is 9.59 Å². The molecule has 32 heavy (non-hydrogen) atoms. The quantitative estimate of drug-likeness (QED) is 0.149. The SMILES string of the molecule is CC(C)CCCCCCCCCCCCCCCCCOC(=O)C1CCCCC1C(=O)O.